The molecule has 0 aromatic rings. The number of allylic oxidation sites excluding steroid dienone is 1. The van der Waals surface area contributed by atoms with Gasteiger partial charge in [0.05, 0.1) is 13.0 Å². The zero-order valence-electron chi connectivity index (χ0n) is 11.7. The van der Waals surface area contributed by atoms with E-state index in [-0.39, 0.29) is 29.6 Å². The Bertz CT molecular complexity index is 412. The maximum absolute atomic E-state index is 12.5. The molecule has 0 saturated heterocycles. The fraction of sp³-hybridized carbons (Fsp3) is 0.733. The summed E-state index contributed by atoms with van der Waals surface area (Å²) in [6.07, 6.45) is 1.50. The van der Waals surface area contributed by atoms with Gasteiger partial charge in [0.1, 0.15) is 5.78 Å². The monoisotopic (exact) mass is 250 g/mol. The number of hydrogen-bond acceptors (Lipinski definition) is 3. The van der Waals surface area contributed by atoms with Gasteiger partial charge in [-0.2, -0.15) is 0 Å². The largest absolute Gasteiger partial charge is 0.469 e. The van der Waals surface area contributed by atoms with Crippen molar-refractivity contribution in [2.45, 2.75) is 33.6 Å². The van der Waals surface area contributed by atoms with E-state index < -0.39 is 5.41 Å². The fourth-order valence-electron chi connectivity index (χ4n) is 4.14. The van der Waals surface area contributed by atoms with Gasteiger partial charge in [-0.05, 0) is 31.6 Å². The van der Waals surface area contributed by atoms with Crippen LogP contribution in [-0.4, -0.2) is 18.9 Å². The van der Waals surface area contributed by atoms with E-state index in [0.717, 1.165) is 12.0 Å². The van der Waals surface area contributed by atoms with Crippen LogP contribution in [0.5, 0.6) is 0 Å². The highest BCUT2D eigenvalue weighted by Crippen LogP contribution is 2.58. The van der Waals surface area contributed by atoms with E-state index in [2.05, 4.69) is 6.58 Å². The van der Waals surface area contributed by atoms with Crippen molar-refractivity contribution in [3.8, 4) is 0 Å². The Morgan fingerprint density at radius 2 is 2.11 bits per heavy atom. The van der Waals surface area contributed by atoms with Crippen LogP contribution in [0.1, 0.15) is 33.6 Å². The van der Waals surface area contributed by atoms with Crippen molar-refractivity contribution in [2.75, 3.05) is 7.11 Å². The summed E-state index contributed by atoms with van der Waals surface area (Å²) in [7, 11) is 1.43. The zero-order chi connectivity index (χ0) is 13.7. The van der Waals surface area contributed by atoms with Gasteiger partial charge in [-0.25, -0.2) is 0 Å². The molecule has 3 aliphatic carbocycles. The second-order valence-electron chi connectivity index (χ2n) is 6.20. The number of rotatable bonds is 2. The molecule has 0 heterocycles. The summed E-state index contributed by atoms with van der Waals surface area (Å²) in [5.41, 5.74) is 0.629. The number of fused-ring (bicyclic) bond motifs is 3. The molecule has 100 valence electrons. The predicted molar refractivity (Wildman–Crippen MR) is 68.8 cm³/mol. The van der Waals surface area contributed by atoms with Gasteiger partial charge in [0.25, 0.3) is 0 Å². The first-order valence-corrected chi connectivity index (χ1v) is 6.60. The number of Topliss-reactive ketones (excluding diaryl/α,β-unsaturated/α-hetero) is 1. The van der Waals surface area contributed by atoms with Crippen LogP contribution < -0.4 is 0 Å². The summed E-state index contributed by atoms with van der Waals surface area (Å²) in [6, 6.07) is 0. The Kier molecular flexibility index (Phi) is 3.12. The van der Waals surface area contributed by atoms with Gasteiger partial charge in [0.15, 0.2) is 0 Å². The molecule has 0 amide bonds. The minimum Gasteiger partial charge on any atom is -0.469 e. The molecule has 3 rings (SSSR count). The second-order valence-corrected chi connectivity index (χ2v) is 6.20. The quantitative estimate of drug-likeness (QED) is 0.559. The summed E-state index contributed by atoms with van der Waals surface area (Å²) in [5, 5.41) is 0. The number of carbonyl (C=O) groups excluding carboxylic acids is 2. The third-order valence-electron chi connectivity index (χ3n) is 5.16. The highest BCUT2D eigenvalue weighted by atomic mass is 16.5. The maximum atomic E-state index is 12.5. The minimum absolute atomic E-state index is 0.0385. The molecule has 2 bridgehead atoms. The highest BCUT2D eigenvalue weighted by Gasteiger charge is 2.59. The Morgan fingerprint density at radius 3 is 2.61 bits per heavy atom. The van der Waals surface area contributed by atoms with Crippen LogP contribution in [0.3, 0.4) is 0 Å². The van der Waals surface area contributed by atoms with Gasteiger partial charge < -0.3 is 4.74 Å². The van der Waals surface area contributed by atoms with Crippen LogP contribution in [0.4, 0.5) is 0 Å². The van der Waals surface area contributed by atoms with E-state index in [1.54, 1.807) is 0 Å². The third-order valence-corrected chi connectivity index (χ3v) is 5.16. The van der Waals surface area contributed by atoms with Crippen molar-refractivity contribution in [3.63, 3.8) is 0 Å². The number of esters is 1. The highest BCUT2D eigenvalue weighted by molar-refractivity contribution is 5.91. The van der Waals surface area contributed by atoms with Crippen LogP contribution in [0, 0.1) is 29.1 Å². The first-order valence-electron chi connectivity index (χ1n) is 6.60. The Balaban J connectivity index is 2.38. The predicted octanol–water partition coefficient (Wildman–Crippen LogP) is 2.60. The first kappa shape index (κ1) is 13.3. The molecule has 0 aliphatic heterocycles. The van der Waals surface area contributed by atoms with E-state index in [1.165, 1.54) is 7.11 Å². The lowest BCUT2D eigenvalue weighted by molar-refractivity contribution is -0.167. The molecule has 3 fully saturated rings. The molecule has 0 aromatic carbocycles. The van der Waals surface area contributed by atoms with Gasteiger partial charge in [0.2, 0.25) is 0 Å². The SMILES string of the molecule is C=C(C)[C@@H]1C[C@@H]2[C@H](C)C(=O)[C@@]1(C)C[C@H]2C(=O)OC. The lowest BCUT2D eigenvalue weighted by atomic mass is 9.47. The van der Waals surface area contributed by atoms with Crippen molar-refractivity contribution in [1.82, 2.24) is 0 Å². The lowest BCUT2D eigenvalue weighted by Crippen LogP contribution is -2.57. The first-order chi connectivity index (χ1) is 8.32. The number of ketones is 1. The van der Waals surface area contributed by atoms with E-state index in [9.17, 15) is 9.59 Å². The maximum Gasteiger partial charge on any atom is 0.308 e. The third kappa shape index (κ3) is 1.63. The molecule has 0 N–H and O–H groups in total. The minimum atomic E-state index is -0.432. The van der Waals surface area contributed by atoms with Gasteiger partial charge in [-0.3, -0.25) is 9.59 Å². The van der Waals surface area contributed by atoms with Crippen LogP contribution in [0.25, 0.3) is 0 Å². The summed E-state index contributed by atoms with van der Waals surface area (Å²) in [5.74, 6) is 0.310. The van der Waals surface area contributed by atoms with E-state index in [0.29, 0.717) is 12.2 Å². The molecule has 0 aromatic heterocycles. The molecule has 0 spiro atoms. The van der Waals surface area contributed by atoms with Gasteiger partial charge in [-0.1, -0.05) is 26.0 Å². The van der Waals surface area contributed by atoms with E-state index >= 15 is 0 Å². The molecule has 5 atom stereocenters. The van der Waals surface area contributed by atoms with Crippen molar-refractivity contribution >= 4 is 11.8 Å². The topological polar surface area (TPSA) is 43.4 Å². The molecule has 3 saturated carbocycles. The average Bonchev–Trinajstić information content (AvgIpc) is 2.33. The zero-order valence-corrected chi connectivity index (χ0v) is 11.7. The molecule has 0 radical (unpaired) electrons. The number of hydrogen-bond donors (Lipinski definition) is 0. The van der Waals surface area contributed by atoms with Crippen molar-refractivity contribution in [2.24, 2.45) is 29.1 Å². The molecule has 0 unspecified atom stereocenters. The summed E-state index contributed by atoms with van der Waals surface area (Å²) in [4.78, 5) is 24.4. The van der Waals surface area contributed by atoms with Gasteiger partial charge >= 0.3 is 5.97 Å². The number of methoxy groups -OCH3 is 1. The fourth-order valence-corrected chi connectivity index (χ4v) is 4.14. The molecule has 18 heavy (non-hydrogen) atoms. The van der Waals surface area contributed by atoms with Crippen molar-refractivity contribution in [1.29, 1.82) is 0 Å². The molecule has 3 nitrogen and oxygen atoms in total. The smallest absolute Gasteiger partial charge is 0.308 e. The van der Waals surface area contributed by atoms with Crippen LogP contribution in [-0.2, 0) is 14.3 Å². The summed E-state index contributed by atoms with van der Waals surface area (Å²) >= 11 is 0. The molecule has 3 aliphatic rings. The molecular formula is C15H22O3. The Hall–Kier alpha value is -1.12. The van der Waals surface area contributed by atoms with E-state index in [1.807, 2.05) is 20.8 Å². The average molecular weight is 250 g/mol. The lowest BCUT2D eigenvalue weighted by Gasteiger charge is -2.55. The standard InChI is InChI=1S/C15H22O3/c1-8(2)12-6-10-9(3)13(16)15(12,4)7-11(10)14(17)18-5/h9-12H,1,6-7H2,2-5H3/t9-,10+,11+,12-,15-/m0/s1. The number of ether oxygens (including phenoxy) is 1. The number of carbonyl (C=O) groups is 2. The van der Waals surface area contributed by atoms with Gasteiger partial charge in [0, 0.05) is 11.3 Å². The van der Waals surface area contributed by atoms with Crippen LogP contribution >= 0.6 is 0 Å². The van der Waals surface area contributed by atoms with E-state index in [4.69, 9.17) is 4.74 Å². The van der Waals surface area contributed by atoms with Crippen LogP contribution in [0.15, 0.2) is 12.2 Å². The van der Waals surface area contributed by atoms with Crippen molar-refractivity contribution in [3.05, 3.63) is 12.2 Å². The Morgan fingerprint density at radius 1 is 1.50 bits per heavy atom. The second kappa shape index (κ2) is 4.22. The molecule has 3 heteroatoms. The van der Waals surface area contributed by atoms with Gasteiger partial charge in [-0.15, -0.1) is 0 Å². The summed E-state index contributed by atoms with van der Waals surface area (Å²) < 4.78 is 4.89. The Labute approximate surface area is 109 Å². The normalized spacial score (nSPS) is 42.8. The summed E-state index contributed by atoms with van der Waals surface area (Å²) in [6.45, 7) is 9.96. The molecular weight excluding hydrogens is 228 g/mol. The van der Waals surface area contributed by atoms with Crippen molar-refractivity contribution < 1.29 is 14.3 Å². The van der Waals surface area contributed by atoms with Crippen LogP contribution in [0.2, 0.25) is 0 Å².